The van der Waals surface area contributed by atoms with Crippen molar-refractivity contribution in [3.05, 3.63) is 33.1 Å². The van der Waals surface area contributed by atoms with Crippen LogP contribution in [-0.2, 0) is 31.6 Å². The molecule has 1 aromatic rings. The van der Waals surface area contributed by atoms with Crippen molar-refractivity contribution in [1.82, 2.24) is 9.55 Å². The van der Waals surface area contributed by atoms with Crippen molar-refractivity contribution in [2.75, 3.05) is 6.61 Å². The van der Waals surface area contributed by atoms with Crippen LogP contribution in [0.1, 0.15) is 12.6 Å². The van der Waals surface area contributed by atoms with E-state index in [4.69, 9.17) is 19.4 Å². The summed E-state index contributed by atoms with van der Waals surface area (Å²) in [5.74, 6) is 0. The number of hydrogen-bond donors (Lipinski definition) is 5. The van der Waals surface area contributed by atoms with Gasteiger partial charge in [0.05, 0.1) is 6.61 Å². The molecule has 0 bridgehead atoms. The Bertz CT molecular complexity index is 970. The van der Waals surface area contributed by atoms with Gasteiger partial charge in [-0.25, -0.2) is 22.9 Å². The molecule has 19 heteroatoms. The lowest BCUT2D eigenvalue weighted by molar-refractivity contribution is -0.0349. The van der Waals surface area contributed by atoms with E-state index in [9.17, 15) is 32.6 Å². The number of phosphoric acid groups is 3. The molecule has 2 rings (SSSR count). The van der Waals surface area contributed by atoms with Crippen LogP contribution in [0.5, 0.6) is 0 Å². The van der Waals surface area contributed by atoms with E-state index >= 15 is 0 Å². The van der Waals surface area contributed by atoms with Gasteiger partial charge in [0.1, 0.15) is 18.5 Å². The number of alkyl halides is 1. The highest BCUT2D eigenvalue weighted by Gasteiger charge is 2.43. The van der Waals surface area contributed by atoms with Gasteiger partial charge in [0.2, 0.25) is 0 Å². The van der Waals surface area contributed by atoms with Crippen molar-refractivity contribution in [2.24, 2.45) is 0 Å². The number of aromatic nitrogens is 2. The monoisotopic (exact) mass is 470 g/mol. The molecule has 1 fully saturated rings. The Kier molecular flexibility index (Phi) is 6.96. The summed E-state index contributed by atoms with van der Waals surface area (Å²) in [5.41, 5.74) is -1.58. The molecule has 1 saturated heterocycles. The topological polar surface area (TPSA) is 224 Å². The van der Waals surface area contributed by atoms with E-state index < -0.39 is 66.2 Å². The maximum absolute atomic E-state index is 14.0. The van der Waals surface area contributed by atoms with Gasteiger partial charge in [0, 0.05) is 18.7 Å². The van der Waals surface area contributed by atoms with Gasteiger partial charge < -0.3 is 24.3 Å². The number of halogens is 1. The zero-order valence-corrected chi connectivity index (χ0v) is 16.1. The summed E-state index contributed by atoms with van der Waals surface area (Å²) in [7, 11) is -16.7. The SMILES string of the molecule is O=c1ccn([C@H]2C[C@H](F)[C@@H](COP(=O)(O)OP(=O)(O)OP(=O)(O)O)O2)c(=O)[nH]1. The number of aromatic amines is 1. The fraction of sp³-hybridized carbons (Fsp3) is 0.556. The van der Waals surface area contributed by atoms with Gasteiger partial charge >= 0.3 is 29.2 Å². The average Bonchev–Trinajstić information content (AvgIpc) is 2.82. The number of nitrogens with zero attached hydrogens (tertiary/aromatic N) is 1. The molecule has 1 aliphatic rings. The van der Waals surface area contributed by atoms with Crippen molar-refractivity contribution in [3.8, 4) is 0 Å². The molecule has 5 N–H and O–H groups in total. The Hall–Kier alpha value is -1.02. The highest BCUT2D eigenvalue weighted by atomic mass is 31.3. The number of hydrogen-bond acceptors (Lipinski definition) is 9. The molecule has 5 atom stereocenters. The van der Waals surface area contributed by atoms with Crippen LogP contribution in [0.2, 0.25) is 0 Å². The summed E-state index contributed by atoms with van der Waals surface area (Å²) in [4.78, 5) is 59.8. The largest absolute Gasteiger partial charge is 0.490 e. The summed E-state index contributed by atoms with van der Waals surface area (Å²) in [5, 5.41) is 0. The highest BCUT2D eigenvalue weighted by Crippen LogP contribution is 2.66. The number of phosphoric ester groups is 1. The smallest absolute Gasteiger partial charge is 0.349 e. The second kappa shape index (κ2) is 8.38. The van der Waals surface area contributed by atoms with Crippen LogP contribution in [0.25, 0.3) is 0 Å². The molecule has 1 aromatic heterocycles. The van der Waals surface area contributed by atoms with E-state index in [1.165, 1.54) is 0 Å². The molecule has 2 heterocycles. The molecule has 28 heavy (non-hydrogen) atoms. The second-order valence-corrected chi connectivity index (χ2v) is 9.71. The third-order valence-corrected chi connectivity index (χ3v) is 6.94. The van der Waals surface area contributed by atoms with Crippen molar-refractivity contribution in [1.29, 1.82) is 0 Å². The first kappa shape index (κ1) is 23.3. The first-order chi connectivity index (χ1) is 12.7. The molecule has 0 spiro atoms. The Balaban J connectivity index is 1.99. The summed E-state index contributed by atoms with van der Waals surface area (Å²) in [6, 6.07) is 0.984. The third-order valence-electron chi connectivity index (χ3n) is 3.14. The van der Waals surface area contributed by atoms with Crippen LogP contribution in [0.15, 0.2) is 21.9 Å². The summed E-state index contributed by atoms with van der Waals surface area (Å²) >= 11 is 0. The Morgan fingerprint density at radius 2 is 1.82 bits per heavy atom. The van der Waals surface area contributed by atoms with Crippen molar-refractivity contribution in [3.63, 3.8) is 0 Å². The fourth-order valence-corrected chi connectivity index (χ4v) is 5.16. The summed E-state index contributed by atoms with van der Waals surface area (Å²) < 4.78 is 64.6. The molecule has 0 aliphatic carbocycles. The minimum absolute atomic E-state index is 0.392. The minimum atomic E-state index is -5.70. The van der Waals surface area contributed by atoms with Gasteiger partial charge in [0.25, 0.3) is 5.56 Å². The standard InChI is InChI=1S/C9H14FN2O13P3/c10-5-3-8(12-2-1-7(13)11-9(12)14)23-6(5)4-22-27(18,19)25-28(20,21)24-26(15,16)17/h1-2,5-6,8H,3-4H2,(H,18,19)(H,20,21)(H,11,13,14)(H2,15,16,17)/t5-,6+,8+/m0/s1. The molecule has 160 valence electrons. The van der Waals surface area contributed by atoms with E-state index in [0.717, 1.165) is 16.8 Å². The van der Waals surface area contributed by atoms with E-state index in [-0.39, 0.29) is 0 Å². The molecular weight excluding hydrogens is 456 g/mol. The van der Waals surface area contributed by atoms with E-state index in [0.29, 0.717) is 0 Å². The van der Waals surface area contributed by atoms with Crippen LogP contribution < -0.4 is 11.2 Å². The number of H-pyrrole nitrogens is 1. The van der Waals surface area contributed by atoms with Crippen LogP contribution >= 0.6 is 23.5 Å². The van der Waals surface area contributed by atoms with Gasteiger partial charge in [0.15, 0.2) is 0 Å². The number of nitrogens with one attached hydrogen (secondary N) is 1. The molecule has 0 radical (unpaired) electrons. The molecule has 0 aromatic carbocycles. The molecule has 0 saturated carbocycles. The number of rotatable bonds is 8. The summed E-state index contributed by atoms with van der Waals surface area (Å²) in [6.07, 6.45) is -3.86. The Morgan fingerprint density at radius 1 is 1.18 bits per heavy atom. The highest BCUT2D eigenvalue weighted by molar-refractivity contribution is 7.66. The zero-order valence-electron chi connectivity index (χ0n) is 13.4. The quantitative estimate of drug-likeness (QED) is 0.303. The molecular formula is C9H14FN2O13P3. The Morgan fingerprint density at radius 3 is 2.39 bits per heavy atom. The minimum Gasteiger partial charge on any atom is -0.349 e. The van der Waals surface area contributed by atoms with E-state index in [2.05, 4.69) is 13.1 Å². The van der Waals surface area contributed by atoms with Gasteiger partial charge in [-0.1, -0.05) is 0 Å². The van der Waals surface area contributed by atoms with Crippen molar-refractivity contribution in [2.45, 2.75) is 24.9 Å². The van der Waals surface area contributed by atoms with Gasteiger partial charge in [-0.15, -0.1) is 0 Å². The second-order valence-electron chi connectivity index (χ2n) is 5.29. The lowest BCUT2D eigenvalue weighted by Gasteiger charge is -2.19. The average molecular weight is 470 g/mol. The molecule has 1 aliphatic heterocycles. The van der Waals surface area contributed by atoms with Gasteiger partial charge in [-0.05, 0) is 0 Å². The first-order valence-electron chi connectivity index (χ1n) is 7.07. The normalized spacial score (nSPS) is 27.2. The maximum Gasteiger partial charge on any atom is 0.490 e. The summed E-state index contributed by atoms with van der Waals surface area (Å²) in [6.45, 7) is -1.00. The molecule has 2 unspecified atom stereocenters. The predicted molar refractivity (Wildman–Crippen MR) is 84.6 cm³/mol. The van der Waals surface area contributed by atoms with E-state index in [1.807, 2.05) is 4.98 Å². The molecule has 0 amide bonds. The fourth-order valence-electron chi connectivity index (χ4n) is 2.13. The zero-order chi connectivity index (χ0) is 21.3. The van der Waals surface area contributed by atoms with Crippen LogP contribution in [0.4, 0.5) is 4.39 Å². The predicted octanol–water partition coefficient (Wildman–Crippen LogP) is -0.495. The van der Waals surface area contributed by atoms with E-state index in [1.54, 1.807) is 0 Å². The van der Waals surface area contributed by atoms with Crippen LogP contribution in [-0.4, -0.2) is 48.0 Å². The Labute approximate surface area is 154 Å². The van der Waals surface area contributed by atoms with Crippen molar-refractivity contribution >= 4 is 23.5 Å². The maximum atomic E-state index is 14.0. The van der Waals surface area contributed by atoms with Crippen LogP contribution in [0, 0.1) is 0 Å². The lowest BCUT2D eigenvalue weighted by atomic mass is 10.2. The lowest BCUT2D eigenvalue weighted by Crippen LogP contribution is -2.31. The van der Waals surface area contributed by atoms with Crippen molar-refractivity contribution < 1.29 is 55.5 Å². The van der Waals surface area contributed by atoms with Crippen LogP contribution in [0.3, 0.4) is 0 Å². The molecule has 15 nitrogen and oxygen atoms in total. The third kappa shape index (κ3) is 6.79. The first-order valence-corrected chi connectivity index (χ1v) is 11.6. The number of ether oxygens (including phenoxy) is 1. The van der Waals surface area contributed by atoms with Gasteiger partial charge in [-0.3, -0.25) is 18.9 Å². The van der Waals surface area contributed by atoms with Gasteiger partial charge in [-0.2, -0.15) is 8.62 Å².